The summed E-state index contributed by atoms with van der Waals surface area (Å²) in [4.78, 5) is 28.1. The number of thiophene rings is 1. The highest BCUT2D eigenvalue weighted by Gasteiger charge is 2.34. The summed E-state index contributed by atoms with van der Waals surface area (Å²) in [6, 6.07) is 19.4. The number of hydrogen-bond acceptors (Lipinski definition) is 4. The van der Waals surface area contributed by atoms with Gasteiger partial charge in [0.05, 0.1) is 18.3 Å². The first-order valence-corrected chi connectivity index (χ1v) is 11.4. The van der Waals surface area contributed by atoms with Crippen LogP contribution in [0.3, 0.4) is 0 Å². The molecule has 6 heteroatoms. The predicted molar refractivity (Wildman–Crippen MR) is 124 cm³/mol. The highest BCUT2D eigenvalue weighted by Crippen LogP contribution is 2.34. The van der Waals surface area contributed by atoms with E-state index in [4.69, 9.17) is 4.74 Å². The second-order valence-corrected chi connectivity index (χ2v) is 8.63. The summed E-state index contributed by atoms with van der Waals surface area (Å²) >= 11 is 1.60. The molecule has 0 aliphatic carbocycles. The molecule has 0 radical (unpaired) electrons. The number of aryl methyl sites for hydroxylation is 1. The molecule has 0 fully saturated rings. The number of hydrogen-bond donors (Lipinski definition) is 1. The Morgan fingerprint density at radius 2 is 1.90 bits per heavy atom. The van der Waals surface area contributed by atoms with Crippen LogP contribution < -0.4 is 15.0 Å². The quantitative estimate of drug-likeness (QED) is 0.611. The van der Waals surface area contributed by atoms with Gasteiger partial charge in [-0.05, 0) is 41.1 Å². The maximum atomic E-state index is 13.3. The second-order valence-electron chi connectivity index (χ2n) is 7.65. The van der Waals surface area contributed by atoms with Crippen LogP contribution in [-0.4, -0.2) is 24.5 Å². The van der Waals surface area contributed by atoms with Gasteiger partial charge < -0.3 is 15.0 Å². The van der Waals surface area contributed by atoms with E-state index >= 15 is 0 Å². The van der Waals surface area contributed by atoms with Crippen molar-refractivity contribution in [1.29, 1.82) is 0 Å². The van der Waals surface area contributed by atoms with Gasteiger partial charge >= 0.3 is 0 Å². The topological polar surface area (TPSA) is 58.6 Å². The average molecular weight is 435 g/mol. The normalized spacial score (nSPS) is 16.2. The van der Waals surface area contributed by atoms with E-state index in [0.29, 0.717) is 11.4 Å². The number of anilines is 1. The van der Waals surface area contributed by atoms with Gasteiger partial charge in [-0.15, -0.1) is 11.3 Å². The van der Waals surface area contributed by atoms with Crippen LogP contribution in [0, 0.1) is 0 Å². The molecule has 0 bridgehead atoms. The van der Waals surface area contributed by atoms with Gasteiger partial charge in [-0.3, -0.25) is 9.59 Å². The summed E-state index contributed by atoms with van der Waals surface area (Å²) < 4.78 is 5.98. The SMILES string of the molecule is CCCc1ccc(C(NC(=O)C2CN(C(C)=O)c3ccccc3O2)c2cccs2)cc1. The number of nitrogens with zero attached hydrogens (tertiary/aromatic N) is 1. The van der Waals surface area contributed by atoms with Crippen molar-refractivity contribution in [3.8, 4) is 5.75 Å². The molecule has 5 nitrogen and oxygen atoms in total. The number of rotatable bonds is 6. The van der Waals surface area contributed by atoms with Gasteiger partial charge in [0.25, 0.3) is 5.91 Å². The molecule has 2 amide bonds. The molecule has 0 saturated heterocycles. The Bertz CT molecular complexity index is 1050. The third kappa shape index (κ3) is 4.64. The zero-order valence-corrected chi connectivity index (χ0v) is 18.5. The number of para-hydroxylation sites is 2. The van der Waals surface area contributed by atoms with E-state index in [9.17, 15) is 9.59 Å². The van der Waals surface area contributed by atoms with Crippen LogP contribution in [0.5, 0.6) is 5.75 Å². The summed E-state index contributed by atoms with van der Waals surface area (Å²) in [5.74, 6) is 0.187. The molecular formula is C25H26N2O3S. The number of ether oxygens (including phenoxy) is 1. The second kappa shape index (κ2) is 9.35. The summed E-state index contributed by atoms with van der Waals surface area (Å²) in [5.41, 5.74) is 3.00. The van der Waals surface area contributed by atoms with E-state index in [2.05, 4.69) is 36.5 Å². The molecule has 4 rings (SSSR count). The lowest BCUT2D eigenvalue weighted by molar-refractivity contribution is -0.128. The minimum absolute atomic E-state index is 0.116. The van der Waals surface area contributed by atoms with Gasteiger partial charge in [0.15, 0.2) is 6.10 Å². The maximum Gasteiger partial charge on any atom is 0.263 e. The van der Waals surface area contributed by atoms with Crippen LogP contribution in [0.1, 0.15) is 42.3 Å². The van der Waals surface area contributed by atoms with Crippen LogP contribution in [0.15, 0.2) is 66.0 Å². The van der Waals surface area contributed by atoms with E-state index in [-0.39, 0.29) is 24.4 Å². The van der Waals surface area contributed by atoms with Crippen LogP contribution in [-0.2, 0) is 16.0 Å². The molecule has 1 aliphatic heterocycles. The fourth-order valence-electron chi connectivity index (χ4n) is 3.84. The Labute approximate surface area is 186 Å². The van der Waals surface area contributed by atoms with E-state index in [1.807, 2.05) is 35.7 Å². The Balaban J connectivity index is 1.57. The van der Waals surface area contributed by atoms with Crippen molar-refractivity contribution in [3.63, 3.8) is 0 Å². The van der Waals surface area contributed by atoms with Crippen molar-refractivity contribution < 1.29 is 14.3 Å². The summed E-state index contributed by atoms with van der Waals surface area (Å²) in [6.07, 6.45) is 1.35. The number of carbonyl (C=O) groups excluding carboxylic acids is 2. The molecule has 31 heavy (non-hydrogen) atoms. The van der Waals surface area contributed by atoms with Gasteiger partial charge in [-0.25, -0.2) is 0 Å². The molecule has 2 unspecified atom stereocenters. The van der Waals surface area contributed by atoms with Gasteiger partial charge in [0, 0.05) is 11.8 Å². The number of fused-ring (bicyclic) bond motifs is 1. The first kappa shape index (κ1) is 21.1. The van der Waals surface area contributed by atoms with Crippen LogP contribution in [0.25, 0.3) is 0 Å². The smallest absolute Gasteiger partial charge is 0.263 e. The highest BCUT2D eigenvalue weighted by atomic mass is 32.1. The molecule has 2 heterocycles. The molecule has 1 aromatic heterocycles. The van der Waals surface area contributed by atoms with Gasteiger partial charge in [-0.2, -0.15) is 0 Å². The van der Waals surface area contributed by atoms with E-state index in [1.54, 1.807) is 22.3 Å². The van der Waals surface area contributed by atoms with E-state index < -0.39 is 6.10 Å². The standard InChI is InChI=1S/C25H26N2O3S/c1-3-7-18-11-13-19(14-12-18)24(23-10-6-15-31-23)26-25(29)22-16-27(17(2)28)20-8-4-5-9-21(20)30-22/h4-6,8-15,22,24H,3,7,16H2,1-2H3,(H,26,29). The first-order valence-electron chi connectivity index (χ1n) is 10.5. The largest absolute Gasteiger partial charge is 0.477 e. The molecule has 3 aromatic rings. The van der Waals surface area contributed by atoms with E-state index in [1.165, 1.54) is 12.5 Å². The van der Waals surface area contributed by atoms with Gasteiger partial charge in [-0.1, -0.05) is 55.8 Å². The van der Waals surface area contributed by atoms with Crippen molar-refractivity contribution in [2.75, 3.05) is 11.4 Å². The van der Waals surface area contributed by atoms with Crippen molar-refractivity contribution in [2.24, 2.45) is 0 Å². The highest BCUT2D eigenvalue weighted by molar-refractivity contribution is 7.10. The number of nitrogens with one attached hydrogen (secondary N) is 1. The third-order valence-electron chi connectivity index (χ3n) is 5.41. The van der Waals surface area contributed by atoms with Crippen LogP contribution >= 0.6 is 11.3 Å². The Hall–Kier alpha value is -3.12. The zero-order valence-electron chi connectivity index (χ0n) is 17.7. The molecule has 1 N–H and O–H groups in total. The van der Waals surface area contributed by atoms with Crippen molar-refractivity contribution in [2.45, 2.75) is 38.8 Å². The Kier molecular flexibility index (Phi) is 6.37. The molecule has 2 aromatic carbocycles. The van der Waals surface area contributed by atoms with Crippen molar-refractivity contribution in [1.82, 2.24) is 5.32 Å². The van der Waals surface area contributed by atoms with Crippen LogP contribution in [0.2, 0.25) is 0 Å². The lowest BCUT2D eigenvalue weighted by atomic mass is 10.0. The number of amides is 2. The van der Waals surface area contributed by atoms with Gasteiger partial charge in [0.2, 0.25) is 5.91 Å². The van der Waals surface area contributed by atoms with Gasteiger partial charge in [0.1, 0.15) is 5.75 Å². The predicted octanol–water partition coefficient (Wildman–Crippen LogP) is 4.72. The fourth-order valence-corrected chi connectivity index (χ4v) is 4.65. The first-order chi connectivity index (χ1) is 15.1. The zero-order chi connectivity index (χ0) is 21.8. The molecule has 2 atom stereocenters. The Morgan fingerprint density at radius 1 is 1.13 bits per heavy atom. The Morgan fingerprint density at radius 3 is 2.58 bits per heavy atom. The number of benzene rings is 2. The molecular weight excluding hydrogens is 408 g/mol. The van der Waals surface area contributed by atoms with Crippen molar-refractivity contribution in [3.05, 3.63) is 82.0 Å². The fraction of sp³-hybridized carbons (Fsp3) is 0.280. The summed E-state index contributed by atoms with van der Waals surface area (Å²) in [7, 11) is 0. The molecule has 1 aliphatic rings. The third-order valence-corrected chi connectivity index (χ3v) is 6.35. The summed E-state index contributed by atoms with van der Waals surface area (Å²) in [6.45, 7) is 3.85. The molecule has 0 spiro atoms. The summed E-state index contributed by atoms with van der Waals surface area (Å²) in [5, 5.41) is 5.16. The molecule has 160 valence electrons. The van der Waals surface area contributed by atoms with Crippen LogP contribution in [0.4, 0.5) is 5.69 Å². The lowest BCUT2D eigenvalue weighted by Gasteiger charge is -2.34. The number of carbonyl (C=O) groups is 2. The van der Waals surface area contributed by atoms with E-state index in [0.717, 1.165) is 23.3 Å². The minimum Gasteiger partial charge on any atom is -0.477 e. The minimum atomic E-state index is -0.777. The average Bonchev–Trinajstić information content (AvgIpc) is 3.32. The molecule has 0 saturated carbocycles. The lowest BCUT2D eigenvalue weighted by Crippen LogP contribution is -2.50. The maximum absolute atomic E-state index is 13.3. The van der Waals surface area contributed by atoms with Crippen molar-refractivity contribution >= 4 is 28.8 Å². The monoisotopic (exact) mass is 434 g/mol.